The summed E-state index contributed by atoms with van der Waals surface area (Å²) in [4.78, 5) is 4.11. The third kappa shape index (κ3) is 1.53. The van der Waals surface area contributed by atoms with Crippen molar-refractivity contribution in [3.63, 3.8) is 0 Å². The number of furan rings is 1. The number of aliphatic hydroxyl groups is 1. The third-order valence-electron chi connectivity index (χ3n) is 3.10. The van der Waals surface area contributed by atoms with Gasteiger partial charge in [-0.3, -0.25) is 4.98 Å². The highest BCUT2D eigenvalue weighted by Gasteiger charge is 2.23. The van der Waals surface area contributed by atoms with E-state index in [2.05, 4.69) is 4.98 Å². The Morgan fingerprint density at radius 2 is 2.38 bits per heavy atom. The fourth-order valence-electron chi connectivity index (χ4n) is 2.26. The van der Waals surface area contributed by atoms with Crippen LogP contribution in [0.1, 0.15) is 17.7 Å². The molecule has 16 heavy (non-hydrogen) atoms. The van der Waals surface area contributed by atoms with E-state index >= 15 is 0 Å². The third-order valence-corrected chi connectivity index (χ3v) is 3.10. The van der Waals surface area contributed by atoms with Gasteiger partial charge < -0.3 is 9.52 Å². The van der Waals surface area contributed by atoms with E-state index < -0.39 is 0 Å². The van der Waals surface area contributed by atoms with Gasteiger partial charge in [-0.25, -0.2) is 0 Å². The number of hydrogen-bond donors (Lipinski definition) is 1. The van der Waals surface area contributed by atoms with Crippen molar-refractivity contribution in [2.45, 2.75) is 25.4 Å². The molecule has 2 aromatic heterocycles. The second-order valence-electron chi connectivity index (χ2n) is 4.19. The van der Waals surface area contributed by atoms with Crippen LogP contribution in [0.2, 0.25) is 0 Å². The van der Waals surface area contributed by atoms with Crippen LogP contribution in [0.3, 0.4) is 0 Å². The quantitative estimate of drug-likeness (QED) is 0.793. The van der Waals surface area contributed by atoms with E-state index in [0.717, 1.165) is 29.7 Å². The highest BCUT2D eigenvalue weighted by atomic mass is 16.3. The van der Waals surface area contributed by atoms with Crippen molar-refractivity contribution in [3.8, 4) is 11.1 Å². The van der Waals surface area contributed by atoms with Crippen molar-refractivity contribution >= 4 is 0 Å². The largest absolute Gasteiger partial charge is 0.468 e. The number of hydrogen-bond acceptors (Lipinski definition) is 3. The van der Waals surface area contributed by atoms with Crippen LogP contribution in [0.5, 0.6) is 0 Å². The Kier molecular flexibility index (Phi) is 2.26. The summed E-state index contributed by atoms with van der Waals surface area (Å²) < 4.78 is 5.52. The molecule has 82 valence electrons. The van der Waals surface area contributed by atoms with Crippen molar-refractivity contribution < 1.29 is 9.52 Å². The van der Waals surface area contributed by atoms with Crippen molar-refractivity contribution in [1.82, 2.24) is 4.98 Å². The molecule has 0 spiro atoms. The van der Waals surface area contributed by atoms with Crippen LogP contribution in [-0.4, -0.2) is 16.2 Å². The average Bonchev–Trinajstić information content (AvgIpc) is 2.73. The minimum absolute atomic E-state index is 0.250. The second-order valence-corrected chi connectivity index (χ2v) is 4.19. The summed E-state index contributed by atoms with van der Waals surface area (Å²) in [5, 5.41) is 9.56. The van der Waals surface area contributed by atoms with Crippen molar-refractivity contribution in [1.29, 1.82) is 0 Å². The summed E-state index contributed by atoms with van der Waals surface area (Å²) in [6.45, 7) is 0. The van der Waals surface area contributed by atoms with Crippen LogP contribution >= 0.6 is 0 Å². The highest BCUT2D eigenvalue weighted by molar-refractivity contribution is 5.66. The van der Waals surface area contributed by atoms with E-state index in [0.29, 0.717) is 6.42 Å². The maximum Gasteiger partial charge on any atom is 0.110 e. The van der Waals surface area contributed by atoms with E-state index in [1.54, 1.807) is 12.5 Å². The maximum atomic E-state index is 9.56. The summed E-state index contributed by atoms with van der Waals surface area (Å²) >= 11 is 0. The van der Waals surface area contributed by atoms with E-state index in [4.69, 9.17) is 4.42 Å². The molecule has 1 N–H and O–H groups in total. The smallest absolute Gasteiger partial charge is 0.110 e. The molecule has 2 aromatic rings. The monoisotopic (exact) mass is 215 g/mol. The van der Waals surface area contributed by atoms with E-state index in [1.165, 1.54) is 5.56 Å². The number of pyridine rings is 1. The molecule has 0 radical (unpaired) electrons. The minimum Gasteiger partial charge on any atom is -0.468 e. The standard InChI is InChI=1S/C13H13NO2/c15-10-3-4-11-12(8-16-13(11)6-10)9-2-1-5-14-7-9/h1-2,5,7-8,10,15H,3-4,6H2. The molecule has 0 fully saturated rings. The van der Waals surface area contributed by atoms with Crippen LogP contribution in [0.15, 0.2) is 35.2 Å². The zero-order chi connectivity index (χ0) is 11.0. The lowest BCUT2D eigenvalue weighted by atomic mass is 9.91. The molecule has 0 aromatic carbocycles. The van der Waals surface area contributed by atoms with Gasteiger partial charge in [0.15, 0.2) is 0 Å². The predicted octanol–water partition coefficient (Wildman–Crippen LogP) is 2.19. The summed E-state index contributed by atoms with van der Waals surface area (Å²) in [6, 6.07) is 3.95. The molecular formula is C13H13NO2. The second kappa shape index (κ2) is 3.76. The summed E-state index contributed by atoms with van der Waals surface area (Å²) in [5.41, 5.74) is 3.44. The molecule has 1 aliphatic carbocycles. The molecule has 1 atom stereocenters. The minimum atomic E-state index is -0.250. The number of aromatic nitrogens is 1. The van der Waals surface area contributed by atoms with Gasteiger partial charge in [-0.1, -0.05) is 6.07 Å². The molecule has 0 saturated carbocycles. The molecule has 2 heterocycles. The molecule has 1 aliphatic rings. The Labute approximate surface area is 93.8 Å². The summed E-state index contributed by atoms with van der Waals surface area (Å²) in [7, 11) is 0. The molecule has 3 nitrogen and oxygen atoms in total. The van der Waals surface area contributed by atoms with Gasteiger partial charge in [0.1, 0.15) is 5.76 Å². The Bertz CT molecular complexity index is 490. The number of nitrogens with zero attached hydrogens (tertiary/aromatic N) is 1. The molecule has 0 bridgehead atoms. The van der Waals surface area contributed by atoms with Crippen LogP contribution in [0, 0.1) is 0 Å². The van der Waals surface area contributed by atoms with E-state index in [1.807, 2.05) is 18.3 Å². The van der Waals surface area contributed by atoms with Gasteiger partial charge >= 0.3 is 0 Å². The fourth-order valence-corrected chi connectivity index (χ4v) is 2.26. The molecule has 3 rings (SSSR count). The predicted molar refractivity (Wildman–Crippen MR) is 60.0 cm³/mol. The van der Waals surface area contributed by atoms with Crippen LogP contribution in [-0.2, 0) is 12.8 Å². The Hall–Kier alpha value is -1.61. The SMILES string of the molecule is OC1CCc2c(-c3cccnc3)coc2C1. The van der Waals surface area contributed by atoms with Crippen molar-refractivity contribution in [3.05, 3.63) is 42.1 Å². The lowest BCUT2D eigenvalue weighted by Gasteiger charge is -2.16. The first-order valence-corrected chi connectivity index (χ1v) is 5.52. The zero-order valence-electron chi connectivity index (χ0n) is 8.89. The summed E-state index contributed by atoms with van der Waals surface area (Å²) in [6.07, 6.45) is 7.47. The molecule has 0 amide bonds. The maximum absolute atomic E-state index is 9.56. The van der Waals surface area contributed by atoms with Crippen molar-refractivity contribution in [2.24, 2.45) is 0 Å². The number of rotatable bonds is 1. The van der Waals surface area contributed by atoms with Gasteiger partial charge in [0, 0.05) is 35.5 Å². The van der Waals surface area contributed by atoms with Gasteiger partial charge in [0.05, 0.1) is 12.4 Å². The Balaban J connectivity index is 2.04. The molecule has 0 aliphatic heterocycles. The molecule has 0 saturated heterocycles. The average molecular weight is 215 g/mol. The van der Waals surface area contributed by atoms with Gasteiger partial charge in [0.2, 0.25) is 0 Å². The number of fused-ring (bicyclic) bond motifs is 1. The van der Waals surface area contributed by atoms with Gasteiger partial charge in [0.25, 0.3) is 0 Å². The summed E-state index contributed by atoms with van der Waals surface area (Å²) in [5.74, 6) is 0.928. The van der Waals surface area contributed by atoms with Crippen LogP contribution < -0.4 is 0 Å². The first-order chi connectivity index (χ1) is 7.84. The fraction of sp³-hybridized carbons (Fsp3) is 0.308. The first kappa shape index (κ1) is 9.60. The van der Waals surface area contributed by atoms with Crippen molar-refractivity contribution in [2.75, 3.05) is 0 Å². The Morgan fingerprint density at radius 3 is 3.19 bits per heavy atom. The topological polar surface area (TPSA) is 46.3 Å². The zero-order valence-corrected chi connectivity index (χ0v) is 8.89. The lowest BCUT2D eigenvalue weighted by Crippen LogP contribution is -2.17. The van der Waals surface area contributed by atoms with E-state index in [-0.39, 0.29) is 6.10 Å². The Morgan fingerprint density at radius 1 is 1.44 bits per heavy atom. The molecule has 1 unspecified atom stereocenters. The van der Waals surface area contributed by atoms with Crippen LogP contribution in [0.25, 0.3) is 11.1 Å². The highest BCUT2D eigenvalue weighted by Crippen LogP contribution is 2.32. The lowest BCUT2D eigenvalue weighted by molar-refractivity contribution is 0.150. The van der Waals surface area contributed by atoms with Gasteiger partial charge in [-0.05, 0) is 18.9 Å². The number of aliphatic hydroxyl groups excluding tert-OH is 1. The van der Waals surface area contributed by atoms with Gasteiger partial charge in [-0.2, -0.15) is 0 Å². The van der Waals surface area contributed by atoms with E-state index in [9.17, 15) is 5.11 Å². The molecule has 3 heteroatoms. The van der Waals surface area contributed by atoms with Crippen LogP contribution in [0.4, 0.5) is 0 Å². The first-order valence-electron chi connectivity index (χ1n) is 5.52. The normalized spacial score (nSPS) is 19.4. The van der Waals surface area contributed by atoms with Gasteiger partial charge in [-0.15, -0.1) is 0 Å². The molecular weight excluding hydrogens is 202 g/mol.